The van der Waals surface area contributed by atoms with Crippen LogP contribution in [0.1, 0.15) is 11.1 Å². The van der Waals surface area contributed by atoms with Crippen molar-refractivity contribution in [1.29, 1.82) is 0 Å². The van der Waals surface area contributed by atoms with E-state index in [0.29, 0.717) is 11.5 Å². The smallest absolute Gasteiger partial charge is 0.143 e. The fourth-order valence-corrected chi connectivity index (χ4v) is 3.08. The topological polar surface area (TPSA) is 56.7 Å². The van der Waals surface area contributed by atoms with E-state index >= 15 is 0 Å². The predicted molar refractivity (Wildman–Crippen MR) is 104 cm³/mol. The van der Waals surface area contributed by atoms with Crippen molar-refractivity contribution in [2.24, 2.45) is 5.73 Å². The van der Waals surface area contributed by atoms with Gasteiger partial charge in [0.05, 0.1) is 11.0 Å². The highest BCUT2D eigenvalue weighted by atomic mass is 32.1. The molecule has 0 saturated heterocycles. The molecule has 4 aromatic rings. The molecule has 0 aliphatic carbocycles. The fraction of sp³-hybridized carbons (Fsp3) is 0.0500. The Morgan fingerprint density at radius 1 is 1.04 bits per heavy atom. The van der Waals surface area contributed by atoms with E-state index in [4.69, 9.17) is 22.9 Å². The third-order valence-corrected chi connectivity index (χ3v) is 4.36. The molecule has 4 nitrogen and oxygen atoms in total. The lowest BCUT2D eigenvalue weighted by Crippen LogP contribution is -2.10. The van der Waals surface area contributed by atoms with Gasteiger partial charge in [-0.2, -0.15) is 0 Å². The number of aromatic nitrogens is 3. The molecule has 2 aromatic carbocycles. The van der Waals surface area contributed by atoms with E-state index in [1.807, 2.05) is 54.7 Å². The Hall–Kier alpha value is -3.05. The van der Waals surface area contributed by atoms with E-state index in [2.05, 4.69) is 21.7 Å². The molecular weight excluding hydrogens is 328 g/mol. The van der Waals surface area contributed by atoms with Crippen LogP contribution in [0.5, 0.6) is 0 Å². The molecule has 0 unspecified atom stereocenters. The number of rotatable bonds is 4. The lowest BCUT2D eigenvalue weighted by molar-refractivity contribution is 0.833. The summed E-state index contributed by atoms with van der Waals surface area (Å²) in [6.45, 7) is 0.682. The maximum absolute atomic E-state index is 5.77. The second kappa shape index (κ2) is 6.45. The first-order valence-corrected chi connectivity index (χ1v) is 8.37. The number of pyridine rings is 1. The number of nitrogens with two attached hydrogens (primary N) is 1. The lowest BCUT2D eigenvalue weighted by Gasteiger charge is -2.10. The molecule has 0 fully saturated rings. The van der Waals surface area contributed by atoms with Crippen molar-refractivity contribution in [3.8, 4) is 11.4 Å². The second-order valence-corrected chi connectivity index (χ2v) is 6.26. The zero-order chi connectivity index (χ0) is 17.2. The van der Waals surface area contributed by atoms with Gasteiger partial charge in [-0.1, -0.05) is 42.5 Å². The minimum atomic E-state index is 0.407. The molecule has 0 radical (unpaired) electrons. The van der Waals surface area contributed by atoms with Gasteiger partial charge in [-0.05, 0) is 35.9 Å². The van der Waals surface area contributed by atoms with Crippen LogP contribution in [-0.4, -0.2) is 19.5 Å². The van der Waals surface area contributed by atoms with Crippen molar-refractivity contribution in [3.05, 3.63) is 84.2 Å². The van der Waals surface area contributed by atoms with Crippen LogP contribution in [0.25, 0.3) is 22.4 Å². The number of para-hydroxylation sites is 2. The molecule has 2 aromatic heterocycles. The third-order valence-electron chi connectivity index (χ3n) is 4.13. The maximum atomic E-state index is 5.77. The molecule has 5 heteroatoms. The van der Waals surface area contributed by atoms with Gasteiger partial charge in [0.2, 0.25) is 0 Å². The van der Waals surface area contributed by atoms with E-state index in [-0.39, 0.29) is 0 Å². The monoisotopic (exact) mass is 344 g/mol. The Labute approximate surface area is 151 Å². The van der Waals surface area contributed by atoms with E-state index < -0.39 is 0 Å². The fourth-order valence-electron chi connectivity index (χ4n) is 2.96. The number of fused-ring (bicyclic) bond motifs is 1. The largest absolute Gasteiger partial charge is 0.389 e. The normalized spacial score (nSPS) is 10.9. The van der Waals surface area contributed by atoms with Gasteiger partial charge in [0.1, 0.15) is 10.8 Å². The Morgan fingerprint density at radius 2 is 1.92 bits per heavy atom. The summed E-state index contributed by atoms with van der Waals surface area (Å²) in [5.41, 5.74) is 10.8. The Kier molecular flexibility index (Phi) is 3.99. The summed E-state index contributed by atoms with van der Waals surface area (Å²) in [6, 6.07) is 20.1. The standard InChI is InChI=1S/C20H16N4S/c21-19(25)15-6-3-5-14(11-15)13-24-18-9-2-1-8-17(18)23-20(24)16-7-4-10-22-12-16/h1-12H,13H2,(H2,21,25). The number of nitrogens with zero attached hydrogens (tertiary/aromatic N) is 3. The molecule has 0 saturated carbocycles. The van der Waals surface area contributed by atoms with Gasteiger partial charge in [0.25, 0.3) is 0 Å². The number of hydrogen-bond donors (Lipinski definition) is 1. The van der Waals surface area contributed by atoms with Crippen LogP contribution >= 0.6 is 12.2 Å². The molecule has 0 spiro atoms. The molecule has 122 valence electrons. The Morgan fingerprint density at radius 3 is 2.72 bits per heavy atom. The summed E-state index contributed by atoms with van der Waals surface area (Å²) in [7, 11) is 0. The first kappa shape index (κ1) is 15.5. The molecule has 2 N–H and O–H groups in total. The number of thiocarbonyl (C=S) groups is 1. The highest BCUT2D eigenvalue weighted by molar-refractivity contribution is 7.80. The van der Waals surface area contributed by atoms with Gasteiger partial charge in [-0.25, -0.2) is 4.98 Å². The molecule has 0 amide bonds. The Balaban J connectivity index is 1.86. The van der Waals surface area contributed by atoms with E-state index in [1.54, 1.807) is 6.20 Å². The quantitative estimate of drug-likeness (QED) is 0.573. The molecular formula is C20H16N4S. The van der Waals surface area contributed by atoms with Crippen molar-refractivity contribution < 1.29 is 0 Å². The molecule has 25 heavy (non-hydrogen) atoms. The van der Waals surface area contributed by atoms with Crippen LogP contribution in [0.2, 0.25) is 0 Å². The van der Waals surface area contributed by atoms with Crippen molar-refractivity contribution in [1.82, 2.24) is 14.5 Å². The minimum absolute atomic E-state index is 0.407. The van der Waals surface area contributed by atoms with E-state index in [9.17, 15) is 0 Å². The van der Waals surface area contributed by atoms with Crippen LogP contribution in [0.3, 0.4) is 0 Å². The zero-order valence-electron chi connectivity index (χ0n) is 13.5. The molecule has 0 atom stereocenters. The maximum Gasteiger partial charge on any atom is 0.143 e. The first-order valence-electron chi connectivity index (χ1n) is 7.97. The molecule has 0 aliphatic rings. The third kappa shape index (κ3) is 3.02. The van der Waals surface area contributed by atoms with Gasteiger partial charge in [0.15, 0.2) is 0 Å². The second-order valence-electron chi connectivity index (χ2n) is 5.82. The van der Waals surface area contributed by atoms with Gasteiger partial charge in [-0.3, -0.25) is 4.98 Å². The van der Waals surface area contributed by atoms with Gasteiger partial charge in [0, 0.05) is 30.1 Å². The number of imidazole rings is 1. The SMILES string of the molecule is NC(=S)c1cccc(Cn2c(-c3cccnc3)nc3ccccc32)c1. The average molecular weight is 344 g/mol. The van der Waals surface area contributed by atoms with E-state index in [0.717, 1.165) is 33.5 Å². The summed E-state index contributed by atoms with van der Waals surface area (Å²) in [4.78, 5) is 9.45. The van der Waals surface area contributed by atoms with Crippen LogP contribution < -0.4 is 5.73 Å². The average Bonchev–Trinajstić information content (AvgIpc) is 3.01. The van der Waals surface area contributed by atoms with E-state index in [1.165, 1.54) is 0 Å². The first-order chi connectivity index (χ1) is 12.2. The van der Waals surface area contributed by atoms with Crippen molar-refractivity contribution in [2.75, 3.05) is 0 Å². The van der Waals surface area contributed by atoms with Crippen LogP contribution in [0.15, 0.2) is 73.1 Å². The van der Waals surface area contributed by atoms with Crippen molar-refractivity contribution >= 4 is 28.2 Å². The van der Waals surface area contributed by atoms with Crippen LogP contribution in [0, 0.1) is 0 Å². The minimum Gasteiger partial charge on any atom is -0.389 e. The highest BCUT2D eigenvalue weighted by Crippen LogP contribution is 2.25. The predicted octanol–water partition coefficient (Wildman–Crippen LogP) is 3.78. The molecule has 0 aliphatic heterocycles. The molecule has 2 heterocycles. The van der Waals surface area contributed by atoms with Crippen LogP contribution in [0.4, 0.5) is 0 Å². The van der Waals surface area contributed by atoms with Gasteiger partial charge >= 0.3 is 0 Å². The van der Waals surface area contributed by atoms with Crippen LogP contribution in [-0.2, 0) is 6.54 Å². The summed E-state index contributed by atoms with van der Waals surface area (Å²) >= 11 is 5.10. The summed E-state index contributed by atoms with van der Waals surface area (Å²) in [5, 5.41) is 0. The molecule has 4 rings (SSSR count). The number of hydrogen-bond acceptors (Lipinski definition) is 3. The molecule has 0 bridgehead atoms. The van der Waals surface area contributed by atoms with Crippen molar-refractivity contribution in [2.45, 2.75) is 6.54 Å². The highest BCUT2D eigenvalue weighted by Gasteiger charge is 2.13. The zero-order valence-corrected chi connectivity index (χ0v) is 14.3. The van der Waals surface area contributed by atoms with Gasteiger partial charge < -0.3 is 10.3 Å². The number of benzene rings is 2. The Bertz CT molecular complexity index is 1050. The summed E-state index contributed by atoms with van der Waals surface area (Å²) in [6.07, 6.45) is 3.60. The lowest BCUT2D eigenvalue weighted by atomic mass is 10.1. The summed E-state index contributed by atoms with van der Waals surface area (Å²) < 4.78 is 2.20. The van der Waals surface area contributed by atoms with Gasteiger partial charge in [-0.15, -0.1) is 0 Å². The summed E-state index contributed by atoms with van der Waals surface area (Å²) in [5.74, 6) is 0.898. The van der Waals surface area contributed by atoms with Crippen molar-refractivity contribution in [3.63, 3.8) is 0 Å².